The number of fused-ring (bicyclic) bond motifs is 3. The van der Waals surface area contributed by atoms with Gasteiger partial charge in [0, 0.05) is 12.0 Å². The first-order valence-electron chi connectivity index (χ1n) is 6.68. The molecule has 2 heterocycles. The van der Waals surface area contributed by atoms with Gasteiger partial charge in [-0.15, -0.1) is 0 Å². The summed E-state index contributed by atoms with van der Waals surface area (Å²) in [6, 6.07) is 0. The van der Waals surface area contributed by atoms with Crippen molar-refractivity contribution in [1.82, 2.24) is 0 Å². The summed E-state index contributed by atoms with van der Waals surface area (Å²) in [6.07, 6.45) is 3.57. The van der Waals surface area contributed by atoms with Crippen LogP contribution < -0.4 is 0 Å². The van der Waals surface area contributed by atoms with Crippen LogP contribution in [0, 0.1) is 5.92 Å². The van der Waals surface area contributed by atoms with E-state index < -0.39 is 18.0 Å². The molecule has 0 radical (unpaired) electrons. The first kappa shape index (κ1) is 12.6. The molecule has 0 spiro atoms. The maximum absolute atomic E-state index is 12.4. The van der Waals surface area contributed by atoms with Gasteiger partial charge in [-0.05, 0) is 26.7 Å². The molecule has 0 amide bonds. The van der Waals surface area contributed by atoms with Crippen LogP contribution >= 0.6 is 0 Å². The summed E-state index contributed by atoms with van der Waals surface area (Å²) in [5.74, 6) is -0.989. The number of hydrogen-bond acceptors (Lipinski definition) is 4. The van der Waals surface area contributed by atoms with Crippen molar-refractivity contribution >= 4 is 11.8 Å². The van der Waals surface area contributed by atoms with Crippen molar-refractivity contribution in [2.45, 2.75) is 50.9 Å². The molecule has 2 fully saturated rings. The van der Waals surface area contributed by atoms with Gasteiger partial charge in [-0.1, -0.05) is 18.2 Å². The second-order valence-electron chi connectivity index (χ2n) is 5.96. The van der Waals surface area contributed by atoms with Gasteiger partial charge >= 0.3 is 5.97 Å². The van der Waals surface area contributed by atoms with Crippen molar-refractivity contribution in [3.63, 3.8) is 0 Å². The van der Waals surface area contributed by atoms with Gasteiger partial charge in [-0.3, -0.25) is 4.79 Å². The molecule has 0 aromatic rings. The monoisotopic (exact) mass is 262 g/mol. The van der Waals surface area contributed by atoms with Crippen LogP contribution in [0.4, 0.5) is 0 Å². The average Bonchev–Trinajstić information content (AvgIpc) is 2.89. The molecule has 0 saturated carbocycles. The summed E-state index contributed by atoms with van der Waals surface area (Å²) in [4.78, 5) is 24.0. The fraction of sp³-hybridized carbons (Fsp3) is 0.600. The third-order valence-electron chi connectivity index (χ3n) is 4.38. The normalized spacial score (nSPS) is 44.8. The average molecular weight is 262 g/mol. The van der Waals surface area contributed by atoms with Crippen LogP contribution in [0.15, 0.2) is 23.8 Å². The van der Waals surface area contributed by atoms with Crippen molar-refractivity contribution in [3.05, 3.63) is 23.8 Å². The van der Waals surface area contributed by atoms with Gasteiger partial charge in [0.25, 0.3) is 0 Å². The summed E-state index contributed by atoms with van der Waals surface area (Å²) < 4.78 is 11.1. The molecule has 0 N–H and O–H groups in total. The van der Waals surface area contributed by atoms with E-state index in [1.54, 1.807) is 0 Å². The number of rotatable bonds is 0. The second-order valence-corrected chi connectivity index (χ2v) is 5.96. The minimum absolute atomic E-state index is 0.00866. The van der Waals surface area contributed by atoms with Crippen molar-refractivity contribution in [2.24, 2.45) is 5.92 Å². The summed E-state index contributed by atoms with van der Waals surface area (Å²) in [6.45, 7) is 7.69. The van der Waals surface area contributed by atoms with Crippen molar-refractivity contribution in [3.8, 4) is 0 Å². The number of epoxide rings is 1. The molecule has 2 saturated heterocycles. The van der Waals surface area contributed by atoms with Crippen LogP contribution in [0.25, 0.3) is 0 Å². The van der Waals surface area contributed by atoms with Crippen LogP contribution in [-0.2, 0) is 19.1 Å². The molecule has 1 aliphatic carbocycles. The number of ketones is 1. The van der Waals surface area contributed by atoms with E-state index in [0.29, 0.717) is 6.42 Å². The Labute approximate surface area is 112 Å². The van der Waals surface area contributed by atoms with Crippen molar-refractivity contribution in [1.29, 1.82) is 0 Å². The molecule has 4 nitrogen and oxygen atoms in total. The lowest BCUT2D eigenvalue weighted by atomic mass is 9.83. The van der Waals surface area contributed by atoms with Crippen LogP contribution in [0.2, 0.25) is 0 Å². The van der Waals surface area contributed by atoms with E-state index in [4.69, 9.17) is 9.47 Å². The van der Waals surface area contributed by atoms with Crippen LogP contribution in [0.5, 0.6) is 0 Å². The topological polar surface area (TPSA) is 55.9 Å². The molecule has 0 bridgehead atoms. The van der Waals surface area contributed by atoms with E-state index in [-0.39, 0.29) is 23.1 Å². The molecule has 0 aromatic carbocycles. The predicted octanol–water partition coefficient (Wildman–Crippen LogP) is 1.94. The minimum atomic E-state index is -0.541. The molecule has 4 heteroatoms. The van der Waals surface area contributed by atoms with Gasteiger partial charge in [0.2, 0.25) is 0 Å². The Morgan fingerprint density at radius 1 is 1.42 bits per heavy atom. The molecule has 19 heavy (non-hydrogen) atoms. The number of carbonyl (C=O) groups excluding carboxylic acids is 2. The standard InChI is InChI=1S/C15H18O4/c1-8-5-4-6-15(3)13(19-15)12-11(10(16)7-8)9(2)14(17)18-12/h5,11-13H,2,4,6-7H2,1,3H3/b8-5-. The zero-order valence-corrected chi connectivity index (χ0v) is 11.3. The Kier molecular flexibility index (Phi) is 2.68. The molecule has 4 atom stereocenters. The highest BCUT2D eigenvalue weighted by molar-refractivity contribution is 6.01. The third-order valence-corrected chi connectivity index (χ3v) is 4.38. The van der Waals surface area contributed by atoms with Gasteiger partial charge in [0.1, 0.15) is 18.0 Å². The SMILES string of the molecule is C=C1C(=O)OC2C1C(=O)C/C(C)=C\CCC1(C)OC21. The van der Waals surface area contributed by atoms with Gasteiger partial charge in [-0.2, -0.15) is 0 Å². The number of Topliss-reactive ketones (excluding diaryl/α,β-unsaturated/α-hetero) is 1. The van der Waals surface area contributed by atoms with Crippen molar-refractivity contribution in [2.75, 3.05) is 0 Å². The van der Waals surface area contributed by atoms with Gasteiger partial charge < -0.3 is 9.47 Å². The number of ether oxygens (including phenoxy) is 2. The van der Waals surface area contributed by atoms with E-state index >= 15 is 0 Å². The number of hydrogen-bond donors (Lipinski definition) is 0. The van der Waals surface area contributed by atoms with E-state index in [1.807, 2.05) is 13.8 Å². The molecular formula is C15H18O4. The van der Waals surface area contributed by atoms with E-state index in [1.165, 1.54) is 0 Å². The Morgan fingerprint density at radius 2 is 2.16 bits per heavy atom. The largest absolute Gasteiger partial charge is 0.455 e. The van der Waals surface area contributed by atoms with Gasteiger partial charge in [-0.25, -0.2) is 4.79 Å². The molecule has 0 aromatic heterocycles. The number of carbonyl (C=O) groups is 2. The fourth-order valence-electron chi connectivity index (χ4n) is 3.14. The Hall–Kier alpha value is -1.42. The smallest absolute Gasteiger partial charge is 0.334 e. The minimum Gasteiger partial charge on any atom is -0.455 e. The van der Waals surface area contributed by atoms with Crippen LogP contribution in [0.3, 0.4) is 0 Å². The lowest BCUT2D eigenvalue weighted by Gasteiger charge is -2.18. The lowest BCUT2D eigenvalue weighted by molar-refractivity contribution is -0.140. The van der Waals surface area contributed by atoms with E-state index in [9.17, 15) is 9.59 Å². The second kappa shape index (κ2) is 4.04. The highest BCUT2D eigenvalue weighted by Crippen LogP contribution is 2.49. The highest BCUT2D eigenvalue weighted by Gasteiger charge is 2.62. The predicted molar refractivity (Wildman–Crippen MR) is 68.4 cm³/mol. The molecular weight excluding hydrogens is 244 g/mol. The maximum Gasteiger partial charge on any atom is 0.334 e. The molecule has 102 valence electrons. The quantitative estimate of drug-likeness (QED) is 0.290. The fourth-order valence-corrected chi connectivity index (χ4v) is 3.14. The molecule has 3 aliphatic rings. The van der Waals surface area contributed by atoms with Crippen LogP contribution in [0.1, 0.15) is 33.1 Å². The molecule has 4 unspecified atom stereocenters. The van der Waals surface area contributed by atoms with Gasteiger partial charge in [0.05, 0.1) is 11.5 Å². The first-order valence-corrected chi connectivity index (χ1v) is 6.68. The lowest BCUT2D eigenvalue weighted by Crippen LogP contribution is -2.33. The Bertz CT molecular complexity index is 504. The zero-order chi connectivity index (χ0) is 13.8. The zero-order valence-electron chi connectivity index (χ0n) is 11.3. The first-order chi connectivity index (χ1) is 8.92. The Balaban J connectivity index is 1.96. The molecule has 2 aliphatic heterocycles. The summed E-state index contributed by atoms with van der Waals surface area (Å²) >= 11 is 0. The number of allylic oxidation sites excluding steroid dienone is 2. The van der Waals surface area contributed by atoms with Gasteiger partial charge in [0.15, 0.2) is 0 Å². The van der Waals surface area contributed by atoms with E-state index in [2.05, 4.69) is 12.7 Å². The third kappa shape index (κ3) is 1.94. The summed E-state index contributed by atoms with van der Waals surface area (Å²) in [7, 11) is 0. The Morgan fingerprint density at radius 3 is 2.89 bits per heavy atom. The molecule has 3 rings (SSSR count). The highest BCUT2D eigenvalue weighted by atomic mass is 16.6. The van der Waals surface area contributed by atoms with Crippen LogP contribution in [-0.4, -0.2) is 29.6 Å². The summed E-state index contributed by atoms with van der Waals surface area (Å²) in [5, 5.41) is 0. The van der Waals surface area contributed by atoms with E-state index in [0.717, 1.165) is 18.4 Å². The maximum atomic E-state index is 12.4. The number of esters is 1. The summed E-state index contributed by atoms with van der Waals surface area (Å²) in [5.41, 5.74) is 1.04. The van der Waals surface area contributed by atoms with Crippen molar-refractivity contribution < 1.29 is 19.1 Å².